The topological polar surface area (TPSA) is 38.9 Å². The minimum atomic E-state index is -1.29. The molecule has 0 fully saturated rings. The molecule has 2 rings (SSSR count). The summed E-state index contributed by atoms with van der Waals surface area (Å²) in [5.41, 5.74) is 0.694. The lowest BCUT2D eigenvalue weighted by Crippen LogP contribution is -1.98. The number of nitrogens with zero attached hydrogens (tertiary/aromatic N) is 2. The number of aromatic nitrogens is 2. The van der Waals surface area contributed by atoms with Crippen molar-refractivity contribution in [2.75, 3.05) is 0 Å². The van der Waals surface area contributed by atoms with Crippen molar-refractivity contribution >= 4 is 40.9 Å². The van der Waals surface area contributed by atoms with E-state index in [0.717, 1.165) is 0 Å². The van der Waals surface area contributed by atoms with E-state index in [2.05, 4.69) is 21.2 Å². The molecule has 0 unspecified atom stereocenters. The van der Waals surface area contributed by atoms with Crippen LogP contribution in [-0.2, 0) is 3.79 Å². The first-order valence-corrected chi connectivity index (χ1v) is 5.68. The lowest BCUT2D eigenvalue weighted by molar-refractivity contribution is 0.542. The number of benzene rings is 1. The standard InChI is InChI=1S/C7H5Cl3.C4H4N2O/c8-7(9,10)6-4-2-1-3-5-6;1-2-4-6-5-3-7-4/h1-5H;2-3H,1H2. The van der Waals surface area contributed by atoms with Crippen molar-refractivity contribution in [3.8, 4) is 0 Å². The Morgan fingerprint density at radius 2 is 1.82 bits per heavy atom. The van der Waals surface area contributed by atoms with Gasteiger partial charge in [0.15, 0.2) is 0 Å². The Kier molecular flexibility index (Phi) is 5.48. The van der Waals surface area contributed by atoms with E-state index in [4.69, 9.17) is 34.8 Å². The zero-order valence-corrected chi connectivity index (χ0v) is 11.0. The molecule has 0 atom stereocenters. The second-order valence-corrected chi connectivity index (χ2v) is 5.13. The van der Waals surface area contributed by atoms with Crippen LogP contribution in [0.2, 0.25) is 0 Å². The first kappa shape index (κ1) is 14.0. The first-order valence-electron chi connectivity index (χ1n) is 4.55. The second-order valence-electron chi connectivity index (χ2n) is 2.84. The third kappa shape index (κ3) is 5.22. The summed E-state index contributed by atoms with van der Waals surface area (Å²) in [5.74, 6) is 0.458. The van der Waals surface area contributed by atoms with Gasteiger partial charge in [-0.05, 0) is 6.08 Å². The number of hydrogen-bond donors (Lipinski definition) is 0. The van der Waals surface area contributed by atoms with Crippen molar-refractivity contribution in [1.29, 1.82) is 0 Å². The highest BCUT2D eigenvalue weighted by molar-refractivity contribution is 6.66. The lowest BCUT2D eigenvalue weighted by Gasteiger charge is -2.09. The van der Waals surface area contributed by atoms with Crippen LogP contribution < -0.4 is 0 Å². The maximum absolute atomic E-state index is 5.59. The molecule has 0 spiro atoms. The third-order valence-electron chi connectivity index (χ3n) is 1.65. The monoisotopic (exact) mass is 290 g/mol. The van der Waals surface area contributed by atoms with Gasteiger partial charge in [0.2, 0.25) is 16.1 Å². The summed E-state index contributed by atoms with van der Waals surface area (Å²) in [6.07, 6.45) is 2.75. The molecule has 0 aliphatic carbocycles. The molecule has 0 N–H and O–H groups in total. The average Bonchev–Trinajstić information content (AvgIpc) is 2.83. The van der Waals surface area contributed by atoms with E-state index in [0.29, 0.717) is 11.5 Å². The summed E-state index contributed by atoms with van der Waals surface area (Å²) in [6, 6.07) is 9.08. The van der Waals surface area contributed by atoms with Gasteiger partial charge in [-0.15, -0.1) is 10.2 Å². The largest absolute Gasteiger partial charge is 0.424 e. The van der Waals surface area contributed by atoms with Gasteiger partial charge in [-0.2, -0.15) is 0 Å². The molecule has 0 saturated heterocycles. The van der Waals surface area contributed by atoms with E-state index < -0.39 is 3.79 Å². The van der Waals surface area contributed by atoms with Crippen LogP contribution in [-0.4, -0.2) is 10.2 Å². The van der Waals surface area contributed by atoms with Crippen molar-refractivity contribution in [2.45, 2.75) is 3.79 Å². The molecule has 90 valence electrons. The summed E-state index contributed by atoms with van der Waals surface area (Å²) in [5, 5.41) is 6.91. The second kappa shape index (κ2) is 6.64. The molecule has 0 aliphatic rings. The maximum Gasteiger partial charge on any atom is 0.239 e. The molecule has 0 aliphatic heterocycles. The Balaban J connectivity index is 0.000000181. The van der Waals surface area contributed by atoms with Gasteiger partial charge < -0.3 is 4.42 Å². The van der Waals surface area contributed by atoms with E-state index in [9.17, 15) is 0 Å². The van der Waals surface area contributed by atoms with Crippen molar-refractivity contribution in [3.05, 3.63) is 54.8 Å². The normalized spacial score (nSPS) is 10.3. The Morgan fingerprint density at radius 1 is 1.18 bits per heavy atom. The third-order valence-corrected chi connectivity index (χ3v) is 2.31. The van der Waals surface area contributed by atoms with Crippen LogP contribution in [0, 0.1) is 0 Å². The molecular formula is C11H9Cl3N2O. The average molecular weight is 292 g/mol. The zero-order valence-electron chi connectivity index (χ0n) is 8.69. The fourth-order valence-electron chi connectivity index (χ4n) is 0.898. The summed E-state index contributed by atoms with van der Waals surface area (Å²) in [4.78, 5) is 0. The molecule has 17 heavy (non-hydrogen) atoms. The number of hydrogen-bond acceptors (Lipinski definition) is 3. The summed E-state index contributed by atoms with van der Waals surface area (Å²) in [7, 11) is 0. The quantitative estimate of drug-likeness (QED) is 0.738. The van der Waals surface area contributed by atoms with Gasteiger partial charge in [-0.1, -0.05) is 71.7 Å². The highest BCUT2D eigenvalue weighted by Gasteiger charge is 2.21. The molecule has 0 bridgehead atoms. The Labute approximate surface area is 114 Å². The van der Waals surface area contributed by atoms with Gasteiger partial charge in [0.1, 0.15) is 0 Å². The van der Waals surface area contributed by atoms with E-state index in [1.165, 1.54) is 12.5 Å². The van der Waals surface area contributed by atoms with Gasteiger partial charge >= 0.3 is 0 Å². The van der Waals surface area contributed by atoms with Crippen molar-refractivity contribution < 1.29 is 4.42 Å². The zero-order chi connectivity index (χ0) is 12.7. The predicted octanol–water partition coefficient (Wildman–Crippen LogP) is 4.23. The van der Waals surface area contributed by atoms with Crippen LogP contribution in [0.5, 0.6) is 0 Å². The number of alkyl halides is 3. The maximum atomic E-state index is 5.59. The van der Waals surface area contributed by atoms with Gasteiger partial charge in [-0.25, -0.2) is 0 Å². The molecule has 6 heteroatoms. The highest BCUT2D eigenvalue weighted by atomic mass is 35.6. The fourth-order valence-corrected chi connectivity index (χ4v) is 1.28. The highest BCUT2D eigenvalue weighted by Crippen LogP contribution is 2.37. The van der Waals surface area contributed by atoms with Crippen LogP contribution in [0.4, 0.5) is 0 Å². The molecule has 2 aromatic rings. The van der Waals surface area contributed by atoms with Crippen molar-refractivity contribution in [1.82, 2.24) is 10.2 Å². The minimum absolute atomic E-state index is 0.458. The Hall–Kier alpha value is -1.03. The Bertz CT molecular complexity index is 437. The van der Waals surface area contributed by atoms with Gasteiger partial charge in [0.05, 0.1) is 0 Å². The van der Waals surface area contributed by atoms with Crippen LogP contribution in [0.15, 0.2) is 47.7 Å². The number of halogens is 3. The molecule has 0 radical (unpaired) electrons. The molecule has 1 aromatic heterocycles. The molecule has 3 nitrogen and oxygen atoms in total. The van der Waals surface area contributed by atoms with Gasteiger partial charge in [0.25, 0.3) is 0 Å². The smallest absolute Gasteiger partial charge is 0.239 e. The van der Waals surface area contributed by atoms with Crippen LogP contribution in [0.3, 0.4) is 0 Å². The van der Waals surface area contributed by atoms with E-state index in [1.807, 2.05) is 18.2 Å². The molecule has 1 aromatic carbocycles. The van der Waals surface area contributed by atoms with Gasteiger partial charge in [0, 0.05) is 5.56 Å². The predicted molar refractivity (Wildman–Crippen MR) is 70.1 cm³/mol. The van der Waals surface area contributed by atoms with Crippen LogP contribution in [0.25, 0.3) is 6.08 Å². The molecule has 1 heterocycles. The molecule has 0 amide bonds. The summed E-state index contributed by atoms with van der Waals surface area (Å²) in [6.45, 7) is 3.41. The van der Waals surface area contributed by atoms with Crippen molar-refractivity contribution in [2.24, 2.45) is 0 Å². The van der Waals surface area contributed by atoms with Crippen LogP contribution >= 0.6 is 34.8 Å². The SMILES string of the molecule is C=Cc1nnco1.ClC(Cl)(Cl)c1ccccc1. The lowest BCUT2D eigenvalue weighted by atomic mass is 10.2. The molecular weight excluding hydrogens is 282 g/mol. The van der Waals surface area contributed by atoms with E-state index in [1.54, 1.807) is 12.1 Å². The van der Waals surface area contributed by atoms with Crippen molar-refractivity contribution in [3.63, 3.8) is 0 Å². The van der Waals surface area contributed by atoms with Crippen LogP contribution in [0.1, 0.15) is 11.5 Å². The summed E-state index contributed by atoms with van der Waals surface area (Å²) >= 11 is 16.8. The fraction of sp³-hybridized carbons (Fsp3) is 0.0909. The number of rotatable bonds is 1. The molecule has 0 saturated carbocycles. The minimum Gasteiger partial charge on any atom is -0.424 e. The summed E-state index contributed by atoms with van der Waals surface area (Å²) < 4.78 is 3.35. The Morgan fingerprint density at radius 3 is 2.12 bits per heavy atom. The van der Waals surface area contributed by atoms with E-state index in [-0.39, 0.29) is 0 Å². The van der Waals surface area contributed by atoms with Gasteiger partial charge in [-0.3, -0.25) is 0 Å². The first-order chi connectivity index (χ1) is 8.04. The van der Waals surface area contributed by atoms with E-state index >= 15 is 0 Å².